The van der Waals surface area contributed by atoms with E-state index < -0.39 is 11.6 Å². The summed E-state index contributed by atoms with van der Waals surface area (Å²) in [5.41, 5.74) is 0.0629. The first-order chi connectivity index (χ1) is 7.09. The molecule has 0 aliphatic carbocycles. The SMILES string of the molecule is O=C(c1cc(F)c(Br)c(F)c1)N1CCC1. The number of carbonyl (C=O) groups is 1. The highest BCUT2D eigenvalue weighted by atomic mass is 79.9. The Morgan fingerprint density at radius 1 is 1.27 bits per heavy atom. The predicted octanol–water partition coefficient (Wildman–Crippen LogP) is 2.57. The van der Waals surface area contributed by atoms with Crippen molar-refractivity contribution >= 4 is 21.8 Å². The minimum absolute atomic E-state index is 0.0629. The number of amides is 1. The molecule has 80 valence electrons. The summed E-state index contributed by atoms with van der Waals surface area (Å²) in [4.78, 5) is 13.2. The normalized spacial score (nSPS) is 15.0. The number of benzene rings is 1. The Morgan fingerprint density at radius 3 is 2.20 bits per heavy atom. The Kier molecular flexibility index (Phi) is 2.73. The Labute approximate surface area is 94.0 Å². The van der Waals surface area contributed by atoms with Crippen molar-refractivity contribution in [1.29, 1.82) is 0 Å². The van der Waals surface area contributed by atoms with Gasteiger partial charge in [0.1, 0.15) is 11.6 Å². The molecule has 0 atom stereocenters. The van der Waals surface area contributed by atoms with Gasteiger partial charge in [0.05, 0.1) is 4.47 Å². The Hall–Kier alpha value is -0.970. The molecule has 2 nitrogen and oxygen atoms in total. The van der Waals surface area contributed by atoms with Crippen LogP contribution in [0.4, 0.5) is 8.78 Å². The molecule has 5 heteroatoms. The number of hydrogen-bond acceptors (Lipinski definition) is 1. The lowest BCUT2D eigenvalue weighted by molar-refractivity contribution is 0.0650. The summed E-state index contributed by atoms with van der Waals surface area (Å²) in [6.07, 6.45) is 0.952. The molecule has 0 N–H and O–H groups in total. The molecule has 2 rings (SSSR count). The molecular weight excluding hydrogens is 268 g/mol. The van der Waals surface area contributed by atoms with Crippen LogP contribution in [-0.2, 0) is 0 Å². The van der Waals surface area contributed by atoms with E-state index in [1.165, 1.54) is 0 Å². The van der Waals surface area contributed by atoms with Gasteiger partial charge in [0.2, 0.25) is 0 Å². The lowest BCUT2D eigenvalue weighted by Crippen LogP contribution is -2.42. The van der Waals surface area contributed by atoms with Crippen LogP contribution < -0.4 is 0 Å². The first-order valence-corrected chi connectivity index (χ1v) is 5.32. The van der Waals surface area contributed by atoms with Crippen LogP contribution in [0.1, 0.15) is 16.8 Å². The van der Waals surface area contributed by atoms with Gasteiger partial charge in [0.25, 0.3) is 5.91 Å². The number of hydrogen-bond donors (Lipinski definition) is 0. The predicted molar refractivity (Wildman–Crippen MR) is 54.6 cm³/mol. The molecule has 1 amide bonds. The van der Waals surface area contributed by atoms with Crippen LogP contribution in [0.15, 0.2) is 16.6 Å². The van der Waals surface area contributed by atoms with Gasteiger partial charge in [-0.05, 0) is 34.5 Å². The smallest absolute Gasteiger partial charge is 0.254 e. The zero-order valence-corrected chi connectivity index (χ0v) is 9.35. The van der Waals surface area contributed by atoms with Crippen LogP contribution in [0.25, 0.3) is 0 Å². The van der Waals surface area contributed by atoms with Crippen molar-refractivity contribution in [2.24, 2.45) is 0 Å². The summed E-state index contributed by atoms with van der Waals surface area (Å²) in [7, 11) is 0. The zero-order valence-electron chi connectivity index (χ0n) is 7.77. The van der Waals surface area contributed by atoms with Gasteiger partial charge in [-0.3, -0.25) is 4.79 Å². The highest BCUT2D eigenvalue weighted by molar-refractivity contribution is 9.10. The van der Waals surface area contributed by atoms with Gasteiger partial charge in [-0.2, -0.15) is 0 Å². The molecule has 1 saturated heterocycles. The zero-order chi connectivity index (χ0) is 11.0. The third kappa shape index (κ3) is 1.88. The van der Waals surface area contributed by atoms with Crippen LogP contribution in [0.5, 0.6) is 0 Å². The van der Waals surface area contributed by atoms with E-state index in [4.69, 9.17) is 0 Å². The van der Waals surface area contributed by atoms with Crippen molar-refractivity contribution in [3.8, 4) is 0 Å². The van der Waals surface area contributed by atoms with Crippen molar-refractivity contribution in [1.82, 2.24) is 4.90 Å². The molecule has 1 aromatic carbocycles. The fourth-order valence-corrected chi connectivity index (χ4v) is 1.61. The monoisotopic (exact) mass is 275 g/mol. The second kappa shape index (κ2) is 3.89. The Bertz CT molecular complexity index is 395. The topological polar surface area (TPSA) is 20.3 Å². The third-order valence-corrected chi connectivity index (χ3v) is 3.13. The average Bonchev–Trinajstić information content (AvgIpc) is 2.10. The van der Waals surface area contributed by atoms with E-state index in [9.17, 15) is 13.6 Å². The number of likely N-dealkylation sites (tertiary alicyclic amines) is 1. The summed E-state index contributed by atoms with van der Waals surface area (Å²) in [6, 6.07) is 2.10. The van der Waals surface area contributed by atoms with Gasteiger partial charge in [-0.25, -0.2) is 8.78 Å². The lowest BCUT2D eigenvalue weighted by Gasteiger charge is -2.30. The van der Waals surface area contributed by atoms with Gasteiger partial charge in [0.15, 0.2) is 0 Å². The molecule has 0 unspecified atom stereocenters. The summed E-state index contributed by atoms with van der Waals surface area (Å²) in [5.74, 6) is -1.82. The lowest BCUT2D eigenvalue weighted by atomic mass is 10.1. The maximum atomic E-state index is 13.1. The van der Waals surface area contributed by atoms with E-state index in [-0.39, 0.29) is 15.9 Å². The van der Waals surface area contributed by atoms with Crippen LogP contribution in [0.2, 0.25) is 0 Å². The van der Waals surface area contributed by atoms with Crippen molar-refractivity contribution in [2.75, 3.05) is 13.1 Å². The quantitative estimate of drug-likeness (QED) is 0.722. The fourth-order valence-electron chi connectivity index (χ4n) is 1.38. The average molecular weight is 276 g/mol. The maximum absolute atomic E-state index is 13.1. The molecule has 1 heterocycles. The third-order valence-electron chi connectivity index (χ3n) is 2.37. The number of rotatable bonds is 1. The van der Waals surface area contributed by atoms with Crippen molar-refractivity contribution in [2.45, 2.75) is 6.42 Å². The van der Waals surface area contributed by atoms with Crippen LogP contribution in [0.3, 0.4) is 0 Å². The Morgan fingerprint density at radius 2 is 1.80 bits per heavy atom. The molecule has 0 spiro atoms. The van der Waals surface area contributed by atoms with Crippen molar-refractivity contribution in [3.63, 3.8) is 0 Å². The fraction of sp³-hybridized carbons (Fsp3) is 0.300. The highest BCUT2D eigenvalue weighted by Gasteiger charge is 2.23. The molecule has 15 heavy (non-hydrogen) atoms. The van der Waals surface area contributed by atoms with Gasteiger partial charge in [0, 0.05) is 18.7 Å². The summed E-state index contributed by atoms with van der Waals surface area (Å²) in [5, 5.41) is 0. The number of carbonyl (C=O) groups excluding carboxylic acids is 1. The Balaban J connectivity index is 2.32. The number of halogens is 3. The summed E-state index contributed by atoms with van der Waals surface area (Å²) >= 11 is 2.76. The van der Waals surface area contributed by atoms with E-state index in [0.29, 0.717) is 13.1 Å². The van der Waals surface area contributed by atoms with Crippen LogP contribution >= 0.6 is 15.9 Å². The molecular formula is C10H8BrF2NO. The van der Waals surface area contributed by atoms with Crippen LogP contribution in [0, 0.1) is 11.6 Å². The maximum Gasteiger partial charge on any atom is 0.254 e. The second-order valence-electron chi connectivity index (χ2n) is 3.40. The molecule has 0 aromatic heterocycles. The molecule has 0 bridgehead atoms. The van der Waals surface area contributed by atoms with E-state index >= 15 is 0 Å². The minimum Gasteiger partial charge on any atom is -0.339 e. The first kappa shape index (κ1) is 10.5. The van der Waals surface area contributed by atoms with Gasteiger partial charge >= 0.3 is 0 Å². The number of nitrogens with zero attached hydrogens (tertiary/aromatic N) is 1. The molecule has 1 fully saturated rings. The molecule has 0 radical (unpaired) electrons. The van der Waals surface area contributed by atoms with E-state index in [2.05, 4.69) is 15.9 Å². The second-order valence-corrected chi connectivity index (χ2v) is 4.19. The summed E-state index contributed by atoms with van der Waals surface area (Å²) < 4.78 is 26.0. The van der Waals surface area contributed by atoms with Gasteiger partial charge < -0.3 is 4.90 Å². The highest BCUT2D eigenvalue weighted by Crippen LogP contribution is 2.22. The summed E-state index contributed by atoms with van der Waals surface area (Å²) in [6.45, 7) is 1.33. The van der Waals surface area contributed by atoms with Crippen molar-refractivity contribution < 1.29 is 13.6 Å². The molecule has 1 aliphatic heterocycles. The van der Waals surface area contributed by atoms with E-state index in [0.717, 1.165) is 18.6 Å². The van der Waals surface area contributed by atoms with Gasteiger partial charge in [-0.15, -0.1) is 0 Å². The minimum atomic E-state index is -0.751. The van der Waals surface area contributed by atoms with Gasteiger partial charge in [-0.1, -0.05) is 0 Å². The molecule has 1 aromatic rings. The van der Waals surface area contributed by atoms with Crippen molar-refractivity contribution in [3.05, 3.63) is 33.8 Å². The molecule has 1 aliphatic rings. The first-order valence-electron chi connectivity index (χ1n) is 4.53. The largest absolute Gasteiger partial charge is 0.339 e. The van der Waals surface area contributed by atoms with Crippen LogP contribution in [-0.4, -0.2) is 23.9 Å². The van der Waals surface area contributed by atoms with E-state index in [1.54, 1.807) is 4.90 Å². The van der Waals surface area contributed by atoms with E-state index in [1.807, 2.05) is 0 Å². The standard InChI is InChI=1S/C10H8BrF2NO/c11-9-7(12)4-6(5-8(9)13)10(15)14-2-1-3-14/h4-5H,1-3H2. The molecule has 0 saturated carbocycles.